The quantitative estimate of drug-likeness (QED) is 0.453. The normalized spacial score (nSPS) is 19.8. The highest BCUT2D eigenvalue weighted by Gasteiger charge is 2.35. The molecule has 212 valence electrons. The molecule has 4 heterocycles. The maximum atomic E-state index is 13.2. The van der Waals surface area contributed by atoms with E-state index in [0.29, 0.717) is 36.8 Å². The molecule has 1 amide bonds. The molecule has 14 heteroatoms. The smallest absolute Gasteiger partial charge is 0.336 e. The number of likely N-dealkylation sites (tertiary alicyclic amines) is 1. The molecule has 0 aliphatic carbocycles. The second-order valence-corrected chi connectivity index (χ2v) is 11.8. The van der Waals surface area contributed by atoms with Crippen molar-refractivity contribution < 1.29 is 26.4 Å². The number of sulfonamides is 1. The van der Waals surface area contributed by atoms with Crippen molar-refractivity contribution >= 4 is 33.4 Å². The summed E-state index contributed by atoms with van der Waals surface area (Å²) in [5.41, 5.74) is 1.95. The Kier molecular flexibility index (Phi) is 7.40. The van der Waals surface area contributed by atoms with Crippen molar-refractivity contribution in [3.63, 3.8) is 0 Å². The highest BCUT2D eigenvalue weighted by atomic mass is 32.2. The van der Waals surface area contributed by atoms with Crippen molar-refractivity contribution in [1.82, 2.24) is 24.8 Å². The minimum atomic E-state index is -4.40. The second kappa shape index (κ2) is 10.7. The van der Waals surface area contributed by atoms with E-state index < -0.39 is 21.8 Å². The molecule has 10 nitrogen and oxygen atoms in total. The summed E-state index contributed by atoms with van der Waals surface area (Å²) in [6, 6.07) is 7.89. The van der Waals surface area contributed by atoms with Crippen molar-refractivity contribution in [3.8, 4) is 0 Å². The van der Waals surface area contributed by atoms with Gasteiger partial charge < -0.3 is 10.2 Å². The minimum absolute atomic E-state index is 0.0440. The summed E-state index contributed by atoms with van der Waals surface area (Å²) in [6.45, 7) is 3.82. The van der Waals surface area contributed by atoms with E-state index in [1.54, 1.807) is 17.2 Å². The molecule has 5 rings (SSSR count). The fraction of sp³-hybridized carbons (Fsp3) is 0.385. The molecule has 40 heavy (non-hydrogen) atoms. The van der Waals surface area contributed by atoms with Crippen LogP contribution < -0.4 is 10.0 Å². The average molecular weight is 576 g/mol. The van der Waals surface area contributed by atoms with Crippen LogP contribution >= 0.6 is 0 Å². The molecule has 3 aromatic rings. The Labute approximate surface area is 229 Å². The zero-order valence-corrected chi connectivity index (χ0v) is 22.6. The molecule has 0 bridgehead atoms. The monoisotopic (exact) mass is 575 g/mol. The Hall–Kier alpha value is -3.78. The highest BCUT2D eigenvalue weighted by Crippen LogP contribution is 2.32. The van der Waals surface area contributed by atoms with Crippen LogP contribution in [0.25, 0.3) is 0 Å². The van der Waals surface area contributed by atoms with Gasteiger partial charge in [0.15, 0.2) is 0 Å². The van der Waals surface area contributed by atoms with E-state index in [4.69, 9.17) is 0 Å². The Morgan fingerprint density at radius 2 is 1.85 bits per heavy atom. The number of pyridine rings is 1. The van der Waals surface area contributed by atoms with Gasteiger partial charge in [-0.25, -0.2) is 23.4 Å². The molecule has 0 radical (unpaired) electrons. The van der Waals surface area contributed by atoms with Gasteiger partial charge in [0, 0.05) is 60.9 Å². The molecule has 2 aliphatic heterocycles. The number of piperidine rings is 1. The average Bonchev–Trinajstić information content (AvgIpc) is 3.31. The second-order valence-electron chi connectivity index (χ2n) is 10.1. The van der Waals surface area contributed by atoms with Crippen LogP contribution in [0.4, 0.5) is 30.6 Å². The number of fused-ring (bicyclic) bond motifs is 1. The fourth-order valence-corrected chi connectivity index (χ4v) is 5.62. The number of carbonyl (C=O) groups excluding carboxylic acids is 1. The van der Waals surface area contributed by atoms with Crippen molar-refractivity contribution in [2.45, 2.75) is 51.1 Å². The Balaban J connectivity index is 1.19. The van der Waals surface area contributed by atoms with Crippen LogP contribution in [-0.2, 0) is 29.3 Å². The molecule has 2 aliphatic rings. The van der Waals surface area contributed by atoms with Crippen molar-refractivity contribution in [3.05, 3.63) is 71.2 Å². The van der Waals surface area contributed by atoms with E-state index in [9.17, 15) is 26.4 Å². The summed E-state index contributed by atoms with van der Waals surface area (Å²) >= 11 is 0. The molecule has 2 aromatic heterocycles. The number of benzene rings is 1. The first-order valence-corrected chi connectivity index (χ1v) is 14.5. The van der Waals surface area contributed by atoms with E-state index in [1.807, 2.05) is 6.92 Å². The van der Waals surface area contributed by atoms with E-state index in [1.165, 1.54) is 24.4 Å². The maximum Gasteiger partial charge on any atom is 0.416 e. The number of amides is 1. The van der Waals surface area contributed by atoms with Gasteiger partial charge in [-0.05, 0) is 56.2 Å². The molecule has 1 fully saturated rings. The number of nitrogens with zero attached hydrogens (tertiary/aromatic N) is 5. The highest BCUT2D eigenvalue weighted by molar-refractivity contribution is 7.92. The fourth-order valence-electron chi connectivity index (χ4n) is 5.12. The van der Waals surface area contributed by atoms with E-state index in [0.717, 1.165) is 42.5 Å². The number of aromatic nitrogens is 3. The largest absolute Gasteiger partial charge is 0.416 e. The number of nitrogens with one attached hydrogen (secondary N) is 2. The number of rotatable bonds is 6. The predicted molar refractivity (Wildman–Crippen MR) is 142 cm³/mol. The summed E-state index contributed by atoms with van der Waals surface area (Å²) in [7, 11) is -3.51. The Morgan fingerprint density at radius 3 is 2.52 bits per heavy atom. The lowest BCUT2D eigenvalue weighted by Gasteiger charge is -2.41. The summed E-state index contributed by atoms with van der Waals surface area (Å²) in [4.78, 5) is 30.2. The number of halogens is 3. The van der Waals surface area contributed by atoms with Gasteiger partial charge in [-0.3, -0.25) is 14.4 Å². The molecule has 0 spiro atoms. The number of alkyl halides is 3. The van der Waals surface area contributed by atoms with Gasteiger partial charge >= 0.3 is 6.18 Å². The van der Waals surface area contributed by atoms with Crippen LogP contribution in [0.2, 0.25) is 0 Å². The molecule has 2 atom stereocenters. The van der Waals surface area contributed by atoms with Gasteiger partial charge in [0.05, 0.1) is 17.5 Å². The first kappa shape index (κ1) is 27.8. The third kappa shape index (κ3) is 6.33. The van der Waals surface area contributed by atoms with E-state index in [2.05, 4.69) is 29.9 Å². The lowest BCUT2D eigenvalue weighted by Crippen LogP contribution is -2.50. The van der Waals surface area contributed by atoms with Crippen LogP contribution in [-0.4, -0.2) is 64.0 Å². The third-order valence-corrected chi connectivity index (χ3v) is 7.65. The van der Waals surface area contributed by atoms with Crippen LogP contribution in [0.15, 0.2) is 48.8 Å². The molecule has 2 N–H and O–H groups in total. The molecular weight excluding hydrogens is 547 g/mol. The number of hydrogen-bond acceptors (Lipinski definition) is 8. The van der Waals surface area contributed by atoms with Crippen LogP contribution in [0.3, 0.4) is 0 Å². The Morgan fingerprint density at radius 1 is 1.10 bits per heavy atom. The first-order chi connectivity index (χ1) is 18.9. The minimum Gasteiger partial charge on any atom is -0.336 e. The summed E-state index contributed by atoms with van der Waals surface area (Å²) < 4.78 is 63.8. The van der Waals surface area contributed by atoms with Gasteiger partial charge in [0.25, 0.3) is 5.91 Å². The third-order valence-electron chi connectivity index (χ3n) is 7.07. The van der Waals surface area contributed by atoms with Crippen LogP contribution in [0, 0.1) is 0 Å². The standard InChI is InChI=1S/C26H28F3N7O3S/c1-16-11-21(8-10-36(16)24(37)17-7-9-30-23(12-17)34-40(2,38)39)35-14-18-13-31-25(33-22(18)15-35)32-20-5-3-19(4-6-20)26(27,28)29/h3-7,9,12-13,16,21H,8,10-11,14-15H2,1-2H3,(H,30,34)(H,31,32,33)/t16-,21-/m1/s1. The summed E-state index contributed by atoms with van der Waals surface area (Å²) in [6.07, 6.45) is 1.28. The van der Waals surface area contributed by atoms with Gasteiger partial charge in [0.2, 0.25) is 16.0 Å². The maximum absolute atomic E-state index is 13.2. The molecule has 1 saturated heterocycles. The predicted octanol–water partition coefficient (Wildman–Crippen LogP) is 4.01. The van der Waals surface area contributed by atoms with Crippen molar-refractivity contribution in [2.75, 3.05) is 22.8 Å². The topological polar surface area (TPSA) is 120 Å². The number of anilines is 3. The SMILES string of the molecule is C[C@@H]1C[C@H](N2Cc3cnc(Nc4ccc(C(F)(F)F)cc4)nc3C2)CCN1C(=O)c1ccnc(NS(C)(=O)=O)c1. The zero-order chi connectivity index (χ0) is 28.7. The summed E-state index contributed by atoms with van der Waals surface area (Å²) in [5, 5.41) is 2.97. The Bertz CT molecular complexity index is 1520. The molecule has 0 unspecified atom stereocenters. The lowest BCUT2D eigenvalue weighted by atomic mass is 9.96. The van der Waals surface area contributed by atoms with Crippen molar-refractivity contribution in [1.29, 1.82) is 0 Å². The number of carbonyl (C=O) groups is 1. The lowest BCUT2D eigenvalue weighted by molar-refractivity contribution is -0.137. The summed E-state index contributed by atoms with van der Waals surface area (Å²) in [5.74, 6) is 0.231. The molecule has 0 saturated carbocycles. The molecule has 1 aromatic carbocycles. The number of hydrogen-bond donors (Lipinski definition) is 2. The van der Waals surface area contributed by atoms with E-state index >= 15 is 0 Å². The van der Waals surface area contributed by atoms with E-state index in [-0.39, 0.29) is 23.8 Å². The van der Waals surface area contributed by atoms with Crippen molar-refractivity contribution in [2.24, 2.45) is 0 Å². The van der Waals surface area contributed by atoms with Gasteiger partial charge in [-0.1, -0.05) is 0 Å². The van der Waals surface area contributed by atoms with Gasteiger partial charge in [-0.2, -0.15) is 13.2 Å². The molecular formula is C26H28F3N7O3S. The van der Waals surface area contributed by atoms with Crippen LogP contribution in [0.5, 0.6) is 0 Å². The first-order valence-electron chi connectivity index (χ1n) is 12.6. The van der Waals surface area contributed by atoms with Crippen LogP contribution in [0.1, 0.15) is 46.9 Å². The zero-order valence-electron chi connectivity index (χ0n) is 21.8. The van der Waals surface area contributed by atoms with Gasteiger partial charge in [-0.15, -0.1) is 0 Å². The van der Waals surface area contributed by atoms with Gasteiger partial charge in [0.1, 0.15) is 5.82 Å².